The number of non-ortho nitro benzene ring substituents is 1. The molecule has 1 amide bonds. The van der Waals surface area contributed by atoms with Crippen molar-refractivity contribution in [3.63, 3.8) is 0 Å². The molecule has 1 aliphatic heterocycles. The normalized spacial score (nSPS) is 17.4. The summed E-state index contributed by atoms with van der Waals surface area (Å²) in [5.74, 6) is 5.18. The van der Waals surface area contributed by atoms with Gasteiger partial charge in [0.1, 0.15) is 0 Å². The van der Waals surface area contributed by atoms with Crippen LogP contribution < -0.4 is 11.3 Å². The fourth-order valence-corrected chi connectivity index (χ4v) is 2.43. The summed E-state index contributed by atoms with van der Waals surface area (Å²) in [4.78, 5) is 24.6. The zero-order valence-corrected chi connectivity index (χ0v) is 12.3. The SMILES string of the molecule is CC1(C)CCN(C(=O)c2cc([N+](=O)[O-])ccc2NN)CC1. The minimum absolute atomic E-state index is 0.116. The van der Waals surface area contributed by atoms with E-state index in [1.165, 1.54) is 18.2 Å². The summed E-state index contributed by atoms with van der Waals surface area (Å²) in [6, 6.07) is 4.06. The number of hydrogen-bond acceptors (Lipinski definition) is 5. The molecule has 0 radical (unpaired) electrons. The minimum Gasteiger partial charge on any atom is -0.339 e. The molecular weight excluding hydrogens is 272 g/mol. The lowest BCUT2D eigenvalue weighted by atomic mass is 9.82. The maximum atomic E-state index is 12.6. The summed E-state index contributed by atoms with van der Waals surface area (Å²) in [7, 11) is 0. The number of nitrogens with zero attached hydrogens (tertiary/aromatic N) is 2. The number of nitrogen functional groups attached to an aromatic ring is 1. The van der Waals surface area contributed by atoms with Gasteiger partial charge in [0.05, 0.1) is 16.2 Å². The Morgan fingerprint density at radius 1 is 1.38 bits per heavy atom. The van der Waals surface area contributed by atoms with E-state index < -0.39 is 4.92 Å². The largest absolute Gasteiger partial charge is 0.339 e. The van der Waals surface area contributed by atoms with Crippen LogP contribution in [0.15, 0.2) is 18.2 Å². The van der Waals surface area contributed by atoms with Crippen LogP contribution in [0.1, 0.15) is 37.0 Å². The fraction of sp³-hybridized carbons (Fsp3) is 0.500. The number of piperidine rings is 1. The lowest BCUT2D eigenvalue weighted by molar-refractivity contribution is -0.384. The third-order valence-electron chi connectivity index (χ3n) is 4.00. The van der Waals surface area contributed by atoms with Crippen molar-refractivity contribution in [2.45, 2.75) is 26.7 Å². The van der Waals surface area contributed by atoms with Crippen molar-refractivity contribution in [3.8, 4) is 0 Å². The van der Waals surface area contributed by atoms with Gasteiger partial charge in [-0.15, -0.1) is 0 Å². The van der Waals surface area contributed by atoms with Gasteiger partial charge in [0.25, 0.3) is 11.6 Å². The molecule has 1 aliphatic rings. The zero-order chi connectivity index (χ0) is 15.6. The van der Waals surface area contributed by atoms with E-state index in [0.717, 1.165) is 12.8 Å². The Balaban J connectivity index is 2.26. The van der Waals surface area contributed by atoms with E-state index in [1.54, 1.807) is 4.90 Å². The highest BCUT2D eigenvalue weighted by molar-refractivity contribution is 6.00. The van der Waals surface area contributed by atoms with E-state index in [2.05, 4.69) is 19.3 Å². The molecule has 21 heavy (non-hydrogen) atoms. The molecule has 0 bridgehead atoms. The standard InChI is InChI=1S/C14H20N4O3/c1-14(2)5-7-17(8-6-14)13(19)11-9-10(18(20)21)3-4-12(11)16-15/h3-4,9,16H,5-8,15H2,1-2H3. The lowest BCUT2D eigenvalue weighted by Crippen LogP contribution is -2.41. The highest BCUT2D eigenvalue weighted by atomic mass is 16.6. The van der Waals surface area contributed by atoms with Gasteiger partial charge in [-0.25, -0.2) is 0 Å². The Hall–Kier alpha value is -2.15. The highest BCUT2D eigenvalue weighted by Gasteiger charge is 2.29. The van der Waals surface area contributed by atoms with Crippen molar-refractivity contribution in [2.75, 3.05) is 18.5 Å². The second-order valence-corrected chi connectivity index (χ2v) is 6.09. The smallest absolute Gasteiger partial charge is 0.270 e. The van der Waals surface area contributed by atoms with Gasteiger partial charge in [0.15, 0.2) is 0 Å². The number of likely N-dealkylation sites (tertiary alicyclic amines) is 1. The summed E-state index contributed by atoms with van der Waals surface area (Å²) in [5, 5.41) is 10.9. The Morgan fingerprint density at radius 3 is 2.52 bits per heavy atom. The van der Waals surface area contributed by atoms with Crippen molar-refractivity contribution in [3.05, 3.63) is 33.9 Å². The van der Waals surface area contributed by atoms with Gasteiger partial charge >= 0.3 is 0 Å². The molecule has 0 aliphatic carbocycles. The number of nitro benzene ring substituents is 1. The summed E-state index contributed by atoms with van der Waals surface area (Å²) in [6.45, 7) is 5.65. The van der Waals surface area contributed by atoms with Crippen LogP contribution in [0.4, 0.5) is 11.4 Å². The first-order valence-electron chi connectivity index (χ1n) is 6.88. The number of anilines is 1. The number of nitro groups is 1. The van der Waals surface area contributed by atoms with Gasteiger partial charge < -0.3 is 10.3 Å². The van der Waals surface area contributed by atoms with E-state index in [9.17, 15) is 14.9 Å². The molecule has 0 atom stereocenters. The first-order valence-corrected chi connectivity index (χ1v) is 6.88. The van der Waals surface area contributed by atoms with E-state index in [1.807, 2.05) is 0 Å². The molecule has 0 aromatic heterocycles. The summed E-state index contributed by atoms with van der Waals surface area (Å²) >= 11 is 0. The molecule has 0 spiro atoms. The van der Waals surface area contributed by atoms with Crippen LogP contribution >= 0.6 is 0 Å². The van der Waals surface area contributed by atoms with E-state index in [4.69, 9.17) is 5.84 Å². The van der Waals surface area contributed by atoms with E-state index in [0.29, 0.717) is 18.8 Å². The molecule has 3 N–H and O–H groups in total. The fourth-order valence-electron chi connectivity index (χ4n) is 2.43. The van der Waals surface area contributed by atoms with Crippen molar-refractivity contribution in [1.29, 1.82) is 0 Å². The Bertz CT molecular complexity index is 561. The quantitative estimate of drug-likeness (QED) is 0.505. The Morgan fingerprint density at radius 2 is 2.00 bits per heavy atom. The number of benzene rings is 1. The average molecular weight is 292 g/mol. The maximum Gasteiger partial charge on any atom is 0.270 e. The van der Waals surface area contributed by atoms with Crippen LogP contribution in [-0.2, 0) is 0 Å². The Labute approximate surface area is 123 Å². The van der Waals surface area contributed by atoms with Crippen molar-refractivity contribution in [2.24, 2.45) is 11.3 Å². The number of amides is 1. The summed E-state index contributed by atoms with van der Waals surface area (Å²) in [6.07, 6.45) is 1.83. The van der Waals surface area contributed by atoms with Gasteiger partial charge in [-0.05, 0) is 24.3 Å². The number of rotatable bonds is 3. The molecule has 7 nitrogen and oxygen atoms in total. The van der Waals surface area contributed by atoms with Crippen LogP contribution in [0.3, 0.4) is 0 Å². The van der Waals surface area contributed by atoms with Crippen molar-refractivity contribution < 1.29 is 9.72 Å². The van der Waals surface area contributed by atoms with Gasteiger partial charge in [-0.2, -0.15) is 0 Å². The zero-order valence-electron chi connectivity index (χ0n) is 12.3. The van der Waals surface area contributed by atoms with E-state index >= 15 is 0 Å². The van der Waals surface area contributed by atoms with Crippen molar-refractivity contribution in [1.82, 2.24) is 4.90 Å². The number of carbonyl (C=O) groups is 1. The number of hydrogen-bond donors (Lipinski definition) is 2. The summed E-state index contributed by atoms with van der Waals surface area (Å²) < 4.78 is 0. The topological polar surface area (TPSA) is 102 Å². The maximum absolute atomic E-state index is 12.6. The lowest BCUT2D eigenvalue weighted by Gasteiger charge is -2.37. The average Bonchev–Trinajstić information content (AvgIpc) is 2.45. The molecule has 2 rings (SSSR count). The van der Waals surface area contributed by atoms with Crippen LogP contribution in [0, 0.1) is 15.5 Å². The van der Waals surface area contributed by atoms with Gasteiger partial charge in [0, 0.05) is 25.2 Å². The minimum atomic E-state index is -0.517. The molecule has 7 heteroatoms. The van der Waals surface area contributed by atoms with Crippen LogP contribution in [0.25, 0.3) is 0 Å². The first-order chi connectivity index (χ1) is 9.84. The monoisotopic (exact) mass is 292 g/mol. The van der Waals surface area contributed by atoms with Gasteiger partial charge in [0.2, 0.25) is 0 Å². The first kappa shape index (κ1) is 15.2. The second kappa shape index (κ2) is 5.69. The molecule has 0 saturated carbocycles. The third kappa shape index (κ3) is 3.30. The molecule has 1 aromatic carbocycles. The molecule has 1 fully saturated rings. The van der Waals surface area contributed by atoms with Crippen LogP contribution in [-0.4, -0.2) is 28.8 Å². The highest BCUT2D eigenvalue weighted by Crippen LogP contribution is 2.31. The number of carbonyl (C=O) groups excluding carboxylic acids is 1. The van der Waals surface area contributed by atoms with Gasteiger partial charge in [-0.3, -0.25) is 20.8 Å². The molecule has 1 saturated heterocycles. The molecule has 114 valence electrons. The van der Waals surface area contributed by atoms with Gasteiger partial charge in [-0.1, -0.05) is 13.8 Å². The molecule has 1 heterocycles. The summed E-state index contributed by atoms with van der Waals surface area (Å²) in [5.41, 5.74) is 3.18. The number of hydrazine groups is 1. The third-order valence-corrected chi connectivity index (χ3v) is 4.00. The second-order valence-electron chi connectivity index (χ2n) is 6.09. The van der Waals surface area contributed by atoms with Crippen molar-refractivity contribution >= 4 is 17.3 Å². The Kier molecular flexibility index (Phi) is 4.13. The predicted octanol–water partition coefficient (Wildman–Crippen LogP) is 2.14. The number of nitrogens with one attached hydrogen (secondary N) is 1. The predicted molar refractivity (Wildman–Crippen MR) is 79.8 cm³/mol. The number of nitrogens with two attached hydrogens (primary N) is 1. The molecule has 1 aromatic rings. The van der Waals surface area contributed by atoms with Crippen LogP contribution in [0.5, 0.6) is 0 Å². The molecule has 0 unspecified atom stereocenters. The van der Waals surface area contributed by atoms with Crippen LogP contribution in [0.2, 0.25) is 0 Å². The van der Waals surface area contributed by atoms with E-state index in [-0.39, 0.29) is 22.6 Å². The molecular formula is C14H20N4O3.